The molecule has 88 valence electrons. The Morgan fingerprint density at radius 2 is 1.88 bits per heavy atom. The average Bonchev–Trinajstić information content (AvgIpc) is 2.30. The molecule has 0 spiro atoms. The van der Waals surface area contributed by atoms with Crippen LogP contribution in [0.25, 0.3) is 0 Å². The van der Waals surface area contributed by atoms with Crippen molar-refractivity contribution in [2.45, 2.75) is 12.5 Å². The van der Waals surface area contributed by atoms with E-state index in [-0.39, 0.29) is 5.56 Å². The molecule has 0 saturated heterocycles. The zero-order valence-electron chi connectivity index (χ0n) is 9.01. The van der Waals surface area contributed by atoms with E-state index in [0.29, 0.717) is 6.42 Å². The summed E-state index contributed by atoms with van der Waals surface area (Å²) in [5.74, 6) is 0. The minimum absolute atomic E-state index is 0.161. The molecule has 0 radical (unpaired) electrons. The lowest BCUT2D eigenvalue weighted by atomic mass is 10.0. The summed E-state index contributed by atoms with van der Waals surface area (Å²) in [7, 11) is 0. The average molecular weight is 232 g/mol. The zero-order valence-corrected chi connectivity index (χ0v) is 9.01. The number of H-pyrrole nitrogens is 2. The Labute approximate surface area is 96.8 Å². The second kappa shape index (κ2) is 4.80. The minimum atomic E-state index is -0.932. The van der Waals surface area contributed by atoms with Gasteiger partial charge in [-0.1, -0.05) is 30.3 Å². The fourth-order valence-electron chi connectivity index (χ4n) is 1.62. The SMILES string of the molecule is O=c1[nH]cc(C(O)Cc2ccccc2)c(=O)[nH]1. The number of hydrogen-bond donors (Lipinski definition) is 3. The van der Waals surface area contributed by atoms with Crippen molar-refractivity contribution in [1.82, 2.24) is 9.97 Å². The highest BCUT2D eigenvalue weighted by atomic mass is 16.3. The predicted octanol–water partition coefficient (Wildman–Crippen LogP) is 0.339. The van der Waals surface area contributed by atoms with Crippen molar-refractivity contribution in [2.24, 2.45) is 0 Å². The summed E-state index contributed by atoms with van der Waals surface area (Å²) >= 11 is 0. The lowest BCUT2D eigenvalue weighted by molar-refractivity contribution is 0.176. The molecule has 5 nitrogen and oxygen atoms in total. The van der Waals surface area contributed by atoms with Crippen LogP contribution in [0.5, 0.6) is 0 Å². The summed E-state index contributed by atoms with van der Waals surface area (Å²) < 4.78 is 0. The van der Waals surface area contributed by atoms with Gasteiger partial charge in [-0.3, -0.25) is 9.78 Å². The van der Waals surface area contributed by atoms with Gasteiger partial charge < -0.3 is 10.1 Å². The van der Waals surface area contributed by atoms with E-state index in [1.807, 2.05) is 30.3 Å². The zero-order chi connectivity index (χ0) is 12.3. The highest BCUT2D eigenvalue weighted by molar-refractivity contribution is 5.18. The van der Waals surface area contributed by atoms with Gasteiger partial charge in [0.1, 0.15) is 0 Å². The fourth-order valence-corrected chi connectivity index (χ4v) is 1.62. The van der Waals surface area contributed by atoms with Gasteiger partial charge in [-0.25, -0.2) is 4.79 Å². The maximum atomic E-state index is 11.4. The molecule has 0 aliphatic rings. The van der Waals surface area contributed by atoms with Gasteiger partial charge in [-0.05, 0) is 5.56 Å². The van der Waals surface area contributed by atoms with Gasteiger partial charge in [0.25, 0.3) is 5.56 Å². The smallest absolute Gasteiger partial charge is 0.325 e. The third-order valence-corrected chi connectivity index (χ3v) is 2.48. The maximum absolute atomic E-state index is 11.4. The maximum Gasteiger partial charge on any atom is 0.325 e. The highest BCUT2D eigenvalue weighted by Crippen LogP contribution is 2.13. The monoisotopic (exact) mass is 232 g/mol. The molecule has 2 aromatic rings. The van der Waals surface area contributed by atoms with Crippen LogP contribution >= 0.6 is 0 Å². The van der Waals surface area contributed by atoms with Crippen molar-refractivity contribution in [3.63, 3.8) is 0 Å². The van der Waals surface area contributed by atoms with Crippen molar-refractivity contribution in [2.75, 3.05) is 0 Å². The van der Waals surface area contributed by atoms with E-state index < -0.39 is 17.4 Å². The van der Waals surface area contributed by atoms with E-state index in [1.165, 1.54) is 6.20 Å². The van der Waals surface area contributed by atoms with Crippen molar-refractivity contribution in [3.05, 3.63) is 68.5 Å². The number of benzene rings is 1. The Morgan fingerprint density at radius 3 is 2.53 bits per heavy atom. The first kappa shape index (κ1) is 11.3. The number of aliphatic hydroxyl groups excluding tert-OH is 1. The Morgan fingerprint density at radius 1 is 1.18 bits per heavy atom. The molecule has 0 fully saturated rings. The van der Waals surface area contributed by atoms with E-state index in [2.05, 4.69) is 9.97 Å². The van der Waals surface area contributed by atoms with Crippen LogP contribution in [0.2, 0.25) is 0 Å². The van der Waals surface area contributed by atoms with Crippen LogP contribution in [0.1, 0.15) is 17.2 Å². The molecular weight excluding hydrogens is 220 g/mol. The van der Waals surface area contributed by atoms with Crippen LogP contribution in [0, 0.1) is 0 Å². The Bertz CT molecular complexity index is 601. The standard InChI is InChI=1S/C12H12N2O3/c15-10(6-8-4-2-1-3-5-8)9-7-13-12(17)14-11(9)16/h1-5,7,10,15H,6H2,(H2,13,14,16,17). The van der Waals surface area contributed by atoms with Crippen LogP contribution in [0.3, 0.4) is 0 Å². The third kappa shape index (κ3) is 2.70. The lowest BCUT2D eigenvalue weighted by Gasteiger charge is -2.09. The number of nitrogens with one attached hydrogen (secondary N) is 2. The van der Waals surface area contributed by atoms with E-state index in [9.17, 15) is 14.7 Å². The number of aromatic nitrogens is 2. The van der Waals surface area contributed by atoms with Gasteiger partial charge >= 0.3 is 5.69 Å². The quantitative estimate of drug-likeness (QED) is 0.713. The Kier molecular flexibility index (Phi) is 3.20. The van der Waals surface area contributed by atoms with Crippen LogP contribution in [0.15, 0.2) is 46.1 Å². The molecule has 1 aromatic carbocycles. The van der Waals surface area contributed by atoms with Crippen molar-refractivity contribution < 1.29 is 5.11 Å². The topological polar surface area (TPSA) is 85.9 Å². The molecule has 1 heterocycles. The molecule has 0 aliphatic heterocycles. The van der Waals surface area contributed by atoms with E-state index in [4.69, 9.17) is 0 Å². The predicted molar refractivity (Wildman–Crippen MR) is 62.8 cm³/mol. The second-order valence-electron chi connectivity index (χ2n) is 3.73. The summed E-state index contributed by atoms with van der Waals surface area (Å²) in [5, 5.41) is 9.90. The van der Waals surface area contributed by atoms with Crippen LogP contribution in [-0.4, -0.2) is 15.1 Å². The van der Waals surface area contributed by atoms with Crippen LogP contribution in [-0.2, 0) is 6.42 Å². The summed E-state index contributed by atoms with van der Waals surface area (Å²) in [6, 6.07) is 9.33. The minimum Gasteiger partial charge on any atom is -0.388 e. The van der Waals surface area contributed by atoms with Crippen molar-refractivity contribution >= 4 is 0 Å². The van der Waals surface area contributed by atoms with E-state index >= 15 is 0 Å². The normalized spacial score (nSPS) is 12.3. The molecular formula is C12H12N2O3. The van der Waals surface area contributed by atoms with E-state index in [1.54, 1.807) is 0 Å². The number of rotatable bonds is 3. The summed E-state index contributed by atoms with van der Waals surface area (Å²) in [6.07, 6.45) is 0.642. The first-order valence-corrected chi connectivity index (χ1v) is 5.20. The Balaban J connectivity index is 2.23. The molecule has 1 aromatic heterocycles. The first-order chi connectivity index (χ1) is 8.16. The van der Waals surface area contributed by atoms with Crippen molar-refractivity contribution in [1.29, 1.82) is 0 Å². The molecule has 0 saturated carbocycles. The molecule has 1 atom stereocenters. The summed E-state index contributed by atoms with van der Waals surface area (Å²) in [4.78, 5) is 26.7. The fraction of sp³-hybridized carbons (Fsp3) is 0.167. The third-order valence-electron chi connectivity index (χ3n) is 2.48. The van der Waals surface area contributed by atoms with Gasteiger partial charge in [0, 0.05) is 12.6 Å². The number of aromatic amines is 2. The van der Waals surface area contributed by atoms with Gasteiger partial charge in [-0.2, -0.15) is 0 Å². The number of aliphatic hydroxyl groups is 1. The molecule has 0 aliphatic carbocycles. The molecule has 0 amide bonds. The summed E-state index contributed by atoms with van der Waals surface area (Å²) in [6.45, 7) is 0. The molecule has 0 bridgehead atoms. The van der Waals surface area contributed by atoms with Gasteiger partial charge in [-0.15, -0.1) is 0 Å². The lowest BCUT2D eigenvalue weighted by Crippen LogP contribution is -2.26. The second-order valence-corrected chi connectivity index (χ2v) is 3.73. The van der Waals surface area contributed by atoms with Gasteiger partial charge in [0.2, 0.25) is 0 Å². The molecule has 3 N–H and O–H groups in total. The van der Waals surface area contributed by atoms with Gasteiger partial charge in [0.15, 0.2) is 0 Å². The first-order valence-electron chi connectivity index (χ1n) is 5.20. The molecule has 17 heavy (non-hydrogen) atoms. The molecule has 5 heteroatoms. The van der Waals surface area contributed by atoms with E-state index in [0.717, 1.165) is 5.56 Å². The highest BCUT2D eigenvalue weighted by Gasteiger charge is 2.12. The van der Waals surface area contributed by atoms with Crippen molar-refractivity contribution in [3.8, 4) is 0 Å². The van der Waals surface area contributed by atoms with Crippen LogP contribution < -0.4 is 11.2 Å². The molecule has 2 rings (SSSR count). The molecule has 1 unspecified atom stereocenters. The van der Waals surface area contributed by atoms with Gasteiger partial charge in [0.05, 0.1) is 11.7 Å². The van der Waals surface area contributed by atoms with Crippen LogP contribution in [0.4, 0.5) is 0 Å². The Hall–Kier alpha value is -2.14. The summed E-state index contributed by atoms with van der Waals surface area (Å²) in [5.41, 5.74) is -0.0538. The number of hydrogen-bond acceptors (Lipinski definition) is 3. The largest absolute Gasteiger partial charge is 0.388 e.